The van der Waals surface area contributed by atoms with E-state index in [0.717, 1.165) is 39.1 Å². The summed E-state index contributed by atoms with van der Waals surface area (Å²) in [7, 11) is 0. The lowest BCUT2D eigenvalue weighted by molar-refractivity contribution is -0.0503. The Kier molecular flexibility index (Phi) is 6.43. The number of carbonyl (C=O) groups is 1. The zero-order chi connectivity index (χ0) is 18.5. The summed E-state index contributed by atoms with van der Waals surface area (Å²) < 4.78 is 35.0. The van der Waals surface area contributed by atoms with Gasteiger partial charge in [0.25, 0.3) is 5.91 Å². The molecule has 0 unspecified atom stereocenters. The maximum absolute atomic E-state index is 12.8. The van der Waals surface area contributed by atoms with Gasteiger partial charge in [0.15, 0.2) is 0 Å². The number of ether oxygens (including phenoxy) is 2. The summed E-state index contributed by atoms with van der Waals surface area (Å²) in [6, 6.07) is 6.67. The van der Waals surface area contributed by atoms with Gasteiger partial charge in [-0.1, -0.05) is 12.1 Å². The molecule has 26 heavy (non-hydrogen) atoms. The van der Waals surface area contributed by atoms with Crippen molar-refractivity contribution in [3.8, 4) is 5.75 Å². The molecule has 1 aromatic rings. The van der Waals surface area contributed by atoms with E-state index < -0.39 is 6.61 Å². The Hall–Kier alpha value is -1.73. The molecule has 2 aliphatic heterocycles. The number of benzene rings is 1. The average Bonchev–Trinajstić information content (AvgIpc) is 2.68. The molecule has 0 aromatic heterocycles. The highest BCUT2D eigenvalue weighted by atomic mass is 19.3. The van der Waals surface area contributed by atoms with Crippen molar-refractivity contribution >= 4 is 5.91 Å². The number of piperidine rings is 1. The SMILES string of the molecule is C[C@@H](C1CCN(C(=O)c2ccccc2OC(F)F)CC1)N1CCOCC1. The van der Waals surface area contributed by atoms with E-state index in [4.69, 9.17) is 4.74 Å². The smallest absolute Gasteiger partial charge is 0.387 e. The fraction of sp³-hybridized carbons (Fsp3) is 0.632. The van der Waals surface area contributed by atoms with E-state index in [-0.39, 0.29) is 17.2 Å². The van der Waals surface area contributed by atoms with Crippen LogP contribution in [0.3, 0.4) is 0 Å². The predicted molar refractivity (Wildman–Crippen MR) is 93.6 cm³/mol. The van der Waals surface area contributed by atoms with E-state index in [0.29, 0.717) is 25.0 Å². The second-order valence-corrected chi connectivity index (χ2v) is 6.89. The van der Waals surface area contributed by atoms with Crippen molar-refractivity contribution in [3.05, 3.63) is 29.8 Å². The predicted octanol–water partition coefficient (Wildman–Crippen LogP) is 2.86. The Bertz CT molecular complexity index is 600. The number of para-hydroxylation sites is 1. The number of halogens is 2. The van der Waals surface area contributed by atoms with Crippen LogP contribution in [-0.4, -0.2) is 67.8 Å². The Labute approximate surface area is 152 Å². The molecule has 1 amide bonds. The molecular weight excluding hydrogens is 342 g/mol. The molecule has 2 saturated heterocycles. The number of morpholine rings is 1. The van der Waals surface area contributed by atoms with E-state index >= 15 is 0 Å². The minimum absolute atomic E-state index is 0.0590. The van der Waals surface area contributed by atoms with E-state index in [1.165, 1.54) is 6.07 Å². The first-order valence-corrected chi connectivity index (χ1v) is 9.21. The third-order valence-corrected chi connectivity index (χ3v) is 5.46. The van der Waals surface area contributed by atoms with Crippen molar-refractivity contribution in [3.63, 3.8) is 0 Å². The van der Waals surface area contributed by atoms with Gasteiger partial charge in [0.1, 0.15) is 5.75 Å². The largest absolute Gasteiger partial charge is 0.434 e. The zero-order valence-electron chi connectivity index (χ0n) is 15.1. The first kappa shape index (κ1) is 19.0. The van der Waals surface area contributed by atoms with Crippen LogP contribution in [0.15, 0.2) is 24.3 Å². The summed E-state index contributed by atoms with van der Waals surface area (Å²) in [6.07, 6.45) is 1.84. The van der Waals surface area contributed by atoms with Gasteiger partial charge in [0.2, 0.25) is 0 Å². The van der Waals surface area contributed by atoms with Gasteiger partial charge in [-0.25, -0.2) is 0 Å². The average molecular weight is 368 g/mol. The molecule has 0 bridgehead atoms. The molecule has 1 atom stereocenters. The van der Waals surface area contributed by atoms with Gasteiger partial charge in [0, 0.05) is 32.2 Å². The van der Waals surface area contributed by atoms with Gasteiger partial charge in [-0.15, -0.1) is 0 Å². The summed E-state index contributed by atoms with van der Waals surface area (Å²) in [5.41, 5.74) is 0.201. The molecule has 2 fully saturated rings. The van der Waals surface area contributed by atoms with Gasteiger partial charge in [-0.2, -0.15) is 8.78 Å². The van der Waals surface area contributed by atoms with Crippen LogP contribution in [0.4, 0.5) is 8.78 Å². The molecule has 5 nitrogen and oxygen atoms in total. The molecule has 0 radical (unpaired) electrons. The van der Waals surface area contributed by atoms with Gasteiger partial charge in [0.05, 0.1) is 18.8 Å². The van der Waals surface area contributed by atoms with E-state index in [1.54, 1.807) is 23.1 Å². The molecular formula is C19H26F2N2O3. The second kappa shape index (κ2) is 8.77. The quantitative estimate of drug-likeness (QED) is 0.802. The third-order valence-electron chi connectivity index (χ3n) is 5.46. The molecule has 7 heteroatoms. The molecule has 0 N–H and O–H groups in total. The Balaban J connectivity index is 1.58. The molecule has 2 aliphatic rings. The van der Waals surface area contributed by atoms with E-state index in [1.807, 2.05) is 0 Å². The number of amides is 1. The Morgan fingerprint density at radius 1 is 1.15 bits per heavy atom. The van der Waals surface area contributed by atoms with Crippen LogP contribution in [0.5, 0.6) is 5.75 Å². The summed E-state index contributed by atoms with van der Waals surface area (Å²) in [6.45, 7) is 4.06. The Morgan fingerprint density at radius 3 is 2.46 bits per heavy atom. The standard InChI is InChI=1S/C19H26F2N2O3/c1-14(22-10-12-25-13-11-22)15-6-8-23(9-7-15)18(24)16-4-2-3-5-17(16)26-19(20)21/h2-5,14-15,19H,6-13H2,1H3/t14-/m0/s1. The number of nitrogens with zero attached hydrogens (tertiary/aromatic N) is 2. The number of carbonyl (C=O) groups excluding carboxylic acids is 1. The van der Waals surface area contributed by atoms with Crippen LogP contribution < -0.4 is 4.74 Å². The van der Waals surface area contributed by atoms with Crippen LogP contribution in [0, 0.1) is 5.92 Å². The van der Waals surface area contributed by atoms with Crippen molar-refractivity contribution in [1.82, 2.24) is 9.80 Å². The van der Waals surface area contributed by atoms with Crippen molar-refractivity contribution in [2.45, 2.75) is 32.4 Å². The third kappa shape index (κ3) is 4.51. The number of hydrogen-bond acceptors (Lipinski definition) is 4. The summed E-state index contributed by atoms with van der Waals surface area (Å²) >= 11 is 0. The maximum Gasteiger partial charge on any atom is 0.387 e. The molecule has 2 heterocycles. The van der Waals surface area contributed by atoms with Gasteiger partial charge in [-0.3, -0.25) is 9.69 Å². The van der Waals surface area contributed by atoms with Gasteiger partial charge < -0.3 is 14.4 Å². The van der Waals surface area contributed by atoms with Crippen LogP contribution in [-0.2, 0) is 4.74 Å². The second-order valence-electron chi connectivity index (χ2n) is 6.89. The maximum atomic E-state index is 12.8. The van der Waals surface area contributed by atoms with Crippen molar-refractivity contribution < 1.29 is 23.0 Å². The van der Waals surface area contributed by atoms with E-state index in [2.05, 4.69) is 16.6 Å². The summed E-state index contributed by atoms with van der Waals surface area (Å²) in [5, 5.41) is 0. The highest BCUT2D eigenvalue weighted by molar-refractivity contribution is 5.97. The van der Waals surface area contributed by atoms with Crippen molar-refractivity contribution in [2.24, 2.45) is 5.92 Å². The highest BCUT2D eigenvalue weighted by Gasteiger charge is 2.31. The van der Waals surface area contributed by atoms with Crippen LogP contribution in [0.25, 0.3) is 0 Å². The molecule has 0 spiro atoms. The summed E-state index contributed by atoms with van der Waals surface area (Å²) in [4.78, 5) is 17.0. The molecule has 1 aromatic carbocycles. The van der Waals surface area contributed by atoms with E-state index in [9.17, 15) is 13.6 Å². The molecule has 0 saturated carbocycles. The van der Waals surface area contributed by atoms with Crippen molar-refractivity contribution in [1.29, 1.82) is 0 Å². The minimum Gasteiger partial charge on any atom is -0.434 e. The first-order valence-electron chi connectivity index (χ1n) is 9.21. The number of rotatable bonds is 5. The van der Waals surface area contributed by atoms with Crippen molar-refractivity contribution in [2.75, 3.05) is 39.4 Å². The fourth-order valence-corrected chi connectivity index (χ4v) is 3.88. The normalized spacial score (nSPS) is 21.0. The number of likely N-dealkylation sites (tertiary alicyclic amines) is 1. The van der Waals surface area contributed by atoms with Gasteiger partial charge in [-0.05, 0) is 37.8 Å². The molecule has 0 aliphatic carbocycles. The Morgan fingerprint density at radius 2 is 1.81 bits per heavy atom. The molecule has 144 valence electrons. The van der Waals surface area contributed by atoms with Crippen LogP contribution >= 0.6 is 0 Å². The zero-order valence-corrected chi connectivity index (χ0v) is 15.1. The van der Waals surface area contributed by atoms with Crippen LogP contribution in [0.1, 0.15) is 30.1 Å². The van der Waals surface area contributed by atoms with Crippen LogP contribution in [0.2, 0.25) is 0 Å². The summed E-state index contributed by atoms with van der Waals surface area (Å²) in [5.74, 6) is 0.236. The molecule has 3 rings (SSSR count). The minimum atomic E-state index is -2.94. The fourth-order valence-electron chi connectivity index (χ4n) is 3.88. The lowest BCUT2D eigenvalue weighted by Crippen LogP contribution is -2.49. The highest BCUT2D eigenvalue weighted by Crippen LogP contribution is 2.28. The van der Waals surface area contributed by atoms with Gasteiger partial charge >= 0.3 is 6.61 Å². The topological polar surface area (TPSA) is 42.0 Å². The first-order chi connectivity index (χ1) is 12.6. The number of alkyl halides is 2. The lowest BCUT2D eigenvalue weighted by atomic mass is 9.89. The monoisotopic (exact) mass is 368 g/mol. The lowest BCUT2D eigenvalue weighted by Gasteiger charge is -2.41. The number of hydrogen-bond donors (Lipinski definition) is 0.